The average Bonchev–Trinajstić information content (AvgIpc) is 3.40. The quantitative estimate of drug-likeness (QED) is 0.474. The number of nitrogens with zero attached hydrogens (tertiary/aromatic N) is 6. The molecule has 2 aliphatic carbocycles. The number of piperazine rings is 1. The summed E-state index contributed by atoms with van der Waals surface area (Å²) in [7, 11) is 2.13. The summed E-state index contributed by atoms with van der Waals surface area (Å²) in [6.45, 7) is 8.22. The van der Waals surface area contributed by atoms with Crippen LogP contribution < -0.4 is 9.64 Å². The van der Waals surface area contributed by atoms with Gasteiger partial charge in [0.25, 0.3) is 5.91 Å². The van der Waals surface area contributed by atoms with Crippen molar-refractivity contribution in [1.82, 2.24) is 19.8 Å². The molecule has 6 rings (SSSR count). The monoisotopic (exact) mass is 572 g/mol. The number of likely N-dealkylation sites (tertiary alicyclic amines) is 1. The normalized spacial score (nSPS) is 25.6. The van der Waals surface area contributed by atoms with E-state index in [2.05, 4.69) is 54.6 Å². The number of carbonyl (C=O) groups is 1. The van der Waals surface area contributed by atoms with Crippen LogP contribution in [0.1, 0.15) is 66.5 Å². The van der Waals surface area contributed by atoms with Gasteiger partial charge in [0.1, 0.15) is 12.4 Å². The number of aromatic nitrogens is 2. The molecule has 8 nitrogen and oxygen atoms in total. The van der Waals surface area contributed by atoms with Gasteiger partial charge in [-0.25, -0.2) is 4.39 Å². The maximum absolute atomic E-state index is 13.8. The lowest BCUT2D eigenvalue weighted by molar-refractivity contribution is -0.131. The summed E-state index contributed by atoms with van der Waals surface area (Å²) < 4.78 is 20.1. The van der Waals surface area contributed by atoms with Crippen molar-refractivity contribution in [1.29, 1.82) is 5.26 Å². The third-order valence-electron chi connectivity index (χ3n) is 10.2. The predicted octanol–water partition coefficient (Wildman–Crippen LogP) is 4.44. The van der Waals surface area contributed by atoms with Crippen LogP contribution in [0.2, 0.25) is 0 Å². The number of hydrogen-bond acceptors (Lipinski definition) is 7. The topological polar surface area (TPSA) is 85.6 Å². The van der Waals surface area contributed by atoms with Crippen molar-refractivity contribution >= 4 is 11.7 Å². The minimum atomic E-state index is -0.994. The van der Waals surface area contributed by atoms with E-state index in [1.807, 2.05) is 0 Å². The first-order valence-corrected chi connectivity index (χ1v) is 15.4. The molecule has 0 N–H and O–H groups in total. The number of aryl methyl sites for hydroxylation is 1. The number of rotatable bonds is 6. The van der Waals surface area contributed by atoms with Crippen LogP contribution in [0.4, 0.5) is 10.2 Å². The van der Waals surface area contributed by atoms with Gasteiger partial charge in [-0.3, -0.25) is 4.79 Å². The molecular formula is C33H41FN6O2. The molecule has 1 aromatic carbocycles. The van der Waals surface area contributed by atoms with Crippen molar-refractivity contribution in [2.75, 3.05) is 44.7 Å². The zero-order valence-electron chi connectivity index (χ0n) is 24.9. The molecule has 4 aliphatic rings. The number of hydrogen-bond donors (Lipinski definition) is 0. The van der Waals surface area contributed by atoms with Crippen LogP contribution in [0.5, 0.6) is 6.01 Å². The summed E-state index contributed by atoms with van der Waals surface area (Å²) in [6.07, 6.45) is 8.54. The smallest absolute Gasteiger partial charge is 0.318 e. The second kappa shape index (κ2) is 11.6. The Morgan fingerprint density at radius 2 is 2.02 bits per heavy atom. The molecule has 3 unspecified atom stereocenters. The number of likely N-dealkylation sites (N-methyl/N-ethyl adjacent to an activating group) is 1. The Bertz CT molecular complexity index is 1420. The van der Waals surface area contributed by atoms with Crippen LogP contribution in [-0.4, -0.2) is 77.6 Å². The Kier molecular flexibility index (Phi) is 7.93. The van der Waals surface area contributed by atoms with Crippen LogP contribution in [0.3, 0.4) is 0 Å². The zero-order chi connectivity index (χ0) is 29.4. The van der Waals surface area contributed by atoms with Crippen LogP contribution in [0.15, 0.2) is 30.6 Å². The van der Waals surface area contributed by atoms with Crippen molar-refractivity contribution < 1.29 is 13.9 Å². The summed E-state index contributed by atoms with van der Waals surface area (Å²) in [5.74, 6) is -0.900. The Morgan fingerprint density at radius 3 is 2.79 bits per heavy atom. The summed E-state index contributed by atoms with van der Waals surface area (Å²) >= 11 is 0. The fourth-order valence-corrected chi connectivity index (χ4v) is 7.82. The van der Waals surface area contributed by atoms with E-state index in [1.165, 1.54) is 28.0 Å². The van der Waals surface area contributed by atoms with E-state index in [4.69, 9.17) is 14.7 Å². The van der Waals surface area contributed by atoms with Gasteiger partial charge in [-0.05, 0) is 88.6 Å². The minimum Gasteiger partial charge on any atom is -0.462 e. The van der Waals surface area contributed by atoms with Crippen LogP contribution in [-0.2, 0) is 29.5 Å². The van der Waals surface area contributed by atoms with E-state index >= 15 is 0 Å². The predicted molar refractivity (Wildman–Crippen MR) is 159 cm³/mol. The summed E-state index contributed by atoms with van der Waals surface area (Å²) in [5, 5.41) is 9.51. The molecule has 222 valence electrons. The Labute approximate surface area is 248 Å². The molecule has 1 spiro atoms. The number of halogens is 1. The lowest BCUT2D eigenvalue weighted by Gasteiger charge is -2.45. The highest BCUT2D eigenvalue weighted by Crippen LogP contribution is 2.48. The summed E-state index contributed by atoms with van der Waals surface area (Å²) in [6, 6.07) is 9.21. The van der Waals surface area contributed by atoms with Gasteiger partial charge < -0.3 is 19.4 Å². The van der Waals surface area contributed by atoms with Gasteiger partial charge in [-0.2, -0.15) is 15.2 Å². The van der Waals surface area contributed by atoms with E-state index in [0.717, 1.165) is 68.6 Å². The average molecular weight is 573 g/mol. The number of amides is 1. The molecule has 9 heteroatoms. The zero-order valence-corrected chi connectivity index (χ0v) is 24.9. The van der Waals surface area contributed by atoms with Crippen LogP contribution in [0, 0.1) is 18.3 Å². The Morgan fingerprint density at radius 1 is 1.17 bits per heavy atom. The maximum atomic E-state index is 13.8. The molecule has 1 aromatic heterocycles. The number of carbonyl (C=O) groups excluding carboxylic acids is 1. The molecule has 3 heterocycles. The molecule has 2 aromatic rings. The fraction of sp³-hybridized carbons (Fsp3) is 0.576. The first-order valence-electron chi connectivity index (χ1n) is 15.4. The number of benzene rings is 1. The van der Waals surface area contributed by atoms with E-state index in [0.29, 0.717) is 38.3 Å². The first kappa shape index (κ1) is 28.6. The SMILES string of the molecule is C=C(F)C(=O)N1CCN(c2nc(OCC3CCCN3C)nc3c2CCC2(CCCc4c(C)cccc42)C3)CC1CC#N. The fourth-order valence-electron chi connectivity index (χ4n) is 7.82. The molecule has 42 heavy (non-hydrogen) atoms. The first-order chi connectivity index (χ1) is 20.3. The third-order valence-corrected chi connectivity index (χ3v) is 10.2. The molecule has 0 radical (unpaired) electrons. The summed E-state index contributed by atoms with van der Waals surface area (Å²) in [5.41, 5.74) is 6.58. The standard InChI is InChI=1S/C33H41FN6O2/c1-22-7-4-10-28-26(22)9-5-13-33(28)14-11-27-29(19-33)36-32(42-21-25-8-6-16-38(25)3)37-30(27)39-17-18-40(31(41)23(2)34)24(20-39)12-15-35/h4,7,10,24-25H,2,5-6,8-9,11-14,16-21H2,1,3H3. The van der Waals surface area contributed by atoms with Crippen LogP contribution >= 0.6 is 0 Å². The van der Waals surface area contributed by atoms with Crippen molar-refractivity contribution in [3.05, 3.63) is 58.6 Å². The highest BCUT2D eigenvalue weighted by molar-refractivity contribution is 5.91. The molecule has 0 saturated carbocycles. The van der Waals surface area contributed by atoms with Gasteiger partial charge in [0.2, 0.25) is 0 Å². The third kappa shape index (κ3) is 5.26. The highest BCUT2D eigenvalue weighted by Gasteiger charge is 2.42. The Balaban J connectivity index is 1.35. The maximum Gasteiger partial charge on any atom is 0.318 e. The van der Waals surface area contributed by atoms with E-state index in [1.54, 1.807) is 0 Å². The molecule has 0 bridgehead atoms. The van der Waals surface area contributed by atoms with Gasteiger partial charge in [-0.15, -0.1) is 0 Å². The van der Waals surface area contributed by atoms with Crippen molar-refractivity contribution in [3.8, 4) is 12.1 Å². The van der Waals surface area contributed by atoms with Gasteiger partial charge in [0, 0.05) is 36.7 Å². The highest BCUT2D eigenvalue weighted by atomic mass is 19.1. The molecular weight excluding hydrogens is 531 g/mol. The number of nitriles is 1. The van der Waals surface area contributed by atoms with Crippen molar-refractivity contribution in [2.24, 2.45) is 0 Å². The number of fused-ring (bicyclic) bond motifs is 3. The van der Waals surface area contributed by atoms with E-state index < -0.39 is 17.8 Å². The Hall–Kier alpha value is -3.51. The molecule has 3 atom stereocenters. The van der Waals surface area contributed by atoms with Crippen molar-refractivity contribution in [2.45, 2.75) is 82.2 Å². The second-order valence-corrected chi connectivity index (χ2v) is 12.6. The molecule has 2 saturated heterocycles. The molecule has 2 aliphatic heterocycles. The minimum absolute atomic E-state index is 0.0527. The van der Waals surface area contributed by atoms with Gasteiger partial charge in [0.05, 0.1) is 24.2 Å². The molecule has 2 fully saturated rings. The second-order valence-electron chi connectivity index (χ2n) is 12.6. The van der Waals surface area contributed by atoms with E-state index in [9.17, 15) is 14.4 Å². The van der Waals surface area contributed by atoms with Gasteiger partial charge in [-0.1, -0.05) is 24.8 Å². The van der Waals surface area contributed by atoms with Gasteiger partial charge in [0.15, 0.2) is 5.83 Å². The lowest BCUT2D eigenvalue weighted by Crippen LogP contribution is -2.55. The van der Waals surface area contributed by atoms with Crippen LogP contribution in [0.25, 0.3) is 0 Å². The molecule has 1 amide bonds. The summed E-state index contributed by atoms with van der Waals surface area (Å²) in [4.78, 5) is 28.5. The van der Waals surface area contributed by atoms with Crippen molar-refractivity contribution in [3.63, 3.8) is 0 Å². The van der Waals surface area contributed by atoms with Gasteiger partial charge >= 0.3 is 6.01 Å². The number of ether oxygens (including phenoxy) is 1. The number of anilines is 1. The van der Waals surface area contributed by atoms with E-state index in [-0.39, 0.29) is 11.8 Å². The lowest BCUT2D eigenvalue weighted by atomic mass is 9.61. The largest absolute Gasteiger partial charge is 0.462 e.